The molecule has 1 aliphatic carbocycles. The predicted octanol–water partition coefficient (Wildman–Crippen LogP) is 7.08. The van der Waals surface area contributed by atoms with Crippen molar-refractivity contribution in [1.29, 1.82) is 0 Å². The van der Waals surface area contributed by atoms with Gasteiger partial charge in [-0.1, -0.05) is 20.8 Å². The number of hydrogen-bond donors (Lipinski definition) is 2. The number of carbonyl (C=O) groups is 1. The molecule has 2 N–H and O–H groups in total. The third-order valence-electron chi connectivity index (χ3n) is 7.39. The Kier molecular flexibility index (Phi) is 10.2. The van der Waals surface area contributed by atoms with Gasteiger partial charge >= 0.3 is 7.60 Å². The number of nitrogens with one attached hydrogen (secondary N) is 1. The third-order valence-corrected chi connectivity index (χ3v) is 10.3. The number of carbonyl (C=O) groups excluding carboxylic acids is 1. The predicted molar refractivity (Wildman–Crippen MR) is 170 cm³/mol. The van der Waals surface area contributed by atoms with Gasteiger partial charge in [-0.3, -0.25) is 18.6 Å². The van der Waals surface area contributed by atoms with E-state index in [1.165, 1.54) is 22.2 Å². The van der Waals surface area contributed by atoms with Crippen LogP contribution in [0.5, 0.6) is 0 Å². The first kappa shape index (κ1) is 34.0. The van der Waals surface area contributed by atoms with Crippen LogP contribution in [0.15, 0.2) is 36.1 Å². The molecule has 2 atom stereocenters. The highest BCUT2D eigenvalue weighted by Crippen LogP contribution is 2.49. The summed E-state index contributed by atoms with van der Waals surface area (Å²) in [5.41, 5.74) is 0.133. The molecule has 2 unspecified atom stereocenters. The fourth-order valence-electron chi connectivity index (χ4n) is 5.41. The Morgan fingerprint density at radius 3 is 2.61 bits per heavy atom. The van der Waals surface area contributed by atoms with Crippen LogP contribution < -0.4 is 5.32 Å². The number of anilines is 1. The Morgan fingerprint density at radius 2 is 1.91 bits per heavy atom. The molecule has 0 aromatic carbocycles. The van der Waals surface area contributed by atoms with Crippen molar-refractivity contribution < 1.29 is 32.3 Å². The lowest BCUT2D eigenvalue weighted by Gasteiger charge is -2.28. The quantitative estimate of drug-likeness (QED) is 0.126. The van der Waals surface area contributed by atoms with Crippen LogP contribution in [0.25, 0.3) is 22.0 Å². The van der Waals surface area contributed by atoms with E-state index < -0.39 is 36.9 Å². The molecule has 0 radical (unpaired) electrons. The highest BCUT2D eigenvalue weighted by Gasteiger charge is 2.31. The average molecular weight is 678 g/mol. The Balaban J connectivity index is 1.33. The molecule has 12 nitrogen and oxygen atoms in total. The summed E-state index contributed by atoms with van der Waals surface area (Å²) in [4.78, 5) is 31.8. The van der Waals surface area contributed by atoms with Gasteiger partial charge in [-0.2, -0.15) is 14.6 Å². The third kappa shape index (κ3) is 8.31. The van der Waals surface area contributed by atoms with E-state index in [0.717, 1.165) is 37.8 Å². The first-order valence-corrected chi connectivity index (χ1v) is 17.7. The fraction of sp³-hybridized carbons (Fsp3) is 0.500. The summed E-state index contributed by atoms with van der Waals surface area (Å²) in [7, 11) is -3.87. The Labute approximate surface area is 269 Å². The molecular formula is C30H38F2N7O5PS. The number of ether oxygens (including phenoxy) is 1. The van der Waals surface area contributed by atoms with Crippen LogP contribution in [-0.4, -0.2) is 59.2 Å². The molecule has 0 aliphatic heterocycles. The van der Waals surface area contributed by atoms with Crippen molar-refractivity contribution in [3.05, 3.63) is 53.6 Å². The first-order chi connectivity index (χ1) is 21.7. The molecular weight excluding hydrogens is 639 g/mol. The second-order valence-corrected chi connectivity index (χ2v) is 15.1. The van der Waals surface area contributed by atoms with Crippen LogP contribution in [0.2, 0.25) is 0 Å². The van der Waals surface area contributed by atoms with E-state index in [-0.39, 0.29) is 41.1 Å². The van der Waals surface area contributed by atoms with E-state index in [4.69, 9.17) is 9.26 Å². The maximum absolute atomic E-state index is 14.8. The summed E-state index contributed by atoms with van der Waals surface area (Å²) in [5, 5.41) is 13.6. The van der Waals surface area contributed by atoms with E-state index in [0.29, 0.717) is 17.2 Å². The van der Waals surface area contributed by atoms with Crippen LogP contribution in [0.4, 0.5) is 14.5 Å². The van der Waals surface area contributed by atoms with Gasteiger partial charge in [-0.25, -0.2) is 19.0 Å². The molecule has 1 amide bonds. The number of thiazole rings is 1. The average Bonchev–Trinajstić information content (AvgIpc) is 3.73. The number of pyridine rings is 1. The molecule has 1 aliphatic rings. The topological polar surface area (TPSA) is 146 Å². The maximum Gasteiger partial charge on any atom is 0.330 e. The van der Waals surface area contributed by atoms with Crippen molar-refractivity contribution in [2.45, 2.75) is 78.7 Å². The number of hydrogen-bond acceptors (Lipinski definition) is 9. The molecule has 0 spiro atoms. The van der Waals surface area contributed by atoms with Crippen LogP contribution >= 0.6 is 18.9 Å². The number of aromatic nitrogens is 6. The van der Waals surface area contributed by atoms with E-state index in [2.05, 4.69) is 25.5 Å². The van der Waals surface area contributed by atoms with Gasteiger partial charge in [0.2, 0.25) is 5.95 Å². The summed E-state index contributed by atoms with van der Waals surface area (Å²) in [6.07, 6.45) is 7.30. The molecule has 1 fully saturated rings. The number of amides is 1. The van der Waals surface area contributed by atoms with Gasteiger partial charge in [0, 0.05) is 29.9 Å². The summed E-state index contributed by atoms with van der Waals surface area (Å²) >= 11 is 1.20. The van der Waals surface area contributed by atoms with Gasteiger partial charge < -0.3 is 14.9 Å². The molecule has 0 bridgehead atoms. The van der Waals surface area contributed by atoms with Crippen LogP contribution in [0.1, 0.15) is 83.1 Å². The molecule has 5 rings (SSSR count). The Morgan fingerprint density at radius 1 is 1.17 bits per heavy atom. The second-order valence-electron chi connectivity index (χ2n) is 12.5. The zero-order valence-corrected chi connectivity index (χ0v) is 28.0. The lowest BCUT2D eigenvalue weighted by Crippen LogP contribution is -2.24. The highest BCUT2D eigenvalue weighted by molar-refractivity contribution is 7.52. The molecule has 46 heavy (non-hydrogen) atoms. The lowest BCUT2D eigenvalue weighted by molar-refractivity contribution is 0.0260. The minimum Gasteiger partial charge on any atom is -0.379 e. The standard InChI is InChI=1S/C30H38F2N7O5PS/c1-6-43-21-9-7-20(8-10-21)39-15-23(27(37-39)26-22(31)11-12-25(32)36-26)34-28(40)24-16-46-29(35-24)19-13-33-38(14-19)18(2)44-45(41,42)17-30(3,4)5/h11-16,18,20-21H,6-10,17H2,1-5H3,(H,34,40)(H,41,42). The summed E-state index contributed by atoms with van der Waals surface area (Å²) in [6.45, 7) is 9.77. The van der Waals surface area contributed by atoms with Gasteiger partial charge in [-0.05, 0) is 57.1 Å². The first-order valence-electron chi connectivity index (χ1n) is 15.1. The Bertz CT molecular complexity index is 1730. The maximum atomic E-state index is 14.8. The largest absolute Gasteiger partial charge is 0.379 e. The van der Waals surface area contributed by atoms with Crippen molar-refractivity contribution in [3.8, 4) is 22.0 Å². The van der Waals surface area contributed by atoms with E-state index in [1.807, 2.05) is 27.7 Å². The summed E-state index contributed by atoms with van der Waals surface area (Å²) in [5.74, 6) is -2.22. The van der Waals surface area contributed by atoms with Crippen molar-refractivity contribution in [1.82, 2.24) is 29.5 Å². The SMILES string of the molecule is CCOC1CCC(n2cc(NC(=O)c3csc(-c4cnn(C(C)OP(=O)(O)CC(C)(C)C)c4)n3)c(-c3nc(F)ccc3F)n2)CC1. The fourth-order valence-corrected chi connectivity index (χ4v) is 8.03. The van der Waals surface area contributed by atoms with Crippen LogP contribution in [-0.2, 0) is 13.8 Å². The molecule has 4 heterocycles. The monoisotopic (exact) mass is 677 g/mol. The second kappa shape index (κ2) is 13.8. The lowest BCUT2D eigenvalue weighted by atomic mass is 9.93. The molecule has 16 heteroatoms. The molecule has 1 saturated carbocycles. The van der Waals surface area contributed by atoms with Gasteiger partial charge in [0.05, 0.1) is 30.2 Å². The number of halogens is 2. The van der Waals surface area contributed by atoms with Gasteiger partial charge in [0.25, 0.3) is 5.91 Å². The zero-order valence-electron chi connectivity index (χ0n) is 26.3. The highest BCUT2D eigenvalue weighted by atomic mass is 32.1. The minimum atomic E-state index is -3.87. The molecule has 248 valence electrons. The van der Waals surface area contributed by atoms with Crippen molar-refractivity contribution in [3.63, 3.8) is 0 Å². The van der Waals surface area contributed by atoms with Gasteiger partial charge in [-0.15, -0.1) is 11.3 Å². The van der Waals surface area contributed by atoms with Crippen LogP contribution in [0, 0.1) is 17.2 Å². The van der Waals surface area contributed by atoms with E-state index >= 15 is 0 Å². The molecule has 4 aromatic rings. The van der Waals surface area contributed by atoms with E-state index in [1.54, 1.807) is 29.4 Å². The van der Waals surface area contributed by atoms with Crippen LogP contribution in [0.3, 0.4) is 0 Å². The van der Waals surface area contributed by atoms with Crippen molar-refractivity contribution in [2.24, 2.45) is 5.41 Å². The van der Waals surface area contributed by atoms with Crippen molar-refractivity contribution >= 4 is 30.5 Å². The van der Waals surface area contributed by atoms with E-state index in [9.17, 15) is 23.0 Å². The zero-order chi connectivity index (χ0) is 33.2. The minimum absolute atomic E-state index is 0.00984. The normalized spacial score (nSPS) is 19.1. The summed E-state index contributed by atoms with van der Waals surface area (Å²) < 4.78 is 55.8. The number of rotatable bonds is 11. The molecule has 4 aromatic heterocycles. The van der Waals surface area contributed by atoms with Gasteiger partial charge in [0.1, 0.15) is 22.1 Å². The Hall–Kier alpha value is -3.36. The van der Waals surface area contributed by atoms with Gasteiger partial charge in [0.15, 0.2) is 12.0 Å². The number of nitrogens with zero attached hydrogens (tertiary/aromatic N) is 6. The summed E-state index contributed by atoms with van der Waals surface area (Å²) in [6, 6.07) is 1.88. The van der Waals surface area contributed by atoms with Crippen molar-refractivity contribution in [2.75, 3.05) is 18.1 Å². The smallest absolute Gasteiger partial charge is 0.330 e. The molecule has 0 saturated heterocycles.